The number of rotatable bonds is 3. The topological polar surface area (TPSA) is 57.6 Å². The maximum atomic E-state index is 13.3. The molecule has 5 heteroatoms. The quantitative estimate of drug-likeness (QED) is 0.931. The van der Waals surface area contributed by atoms with Gasteiger partial charge in [-0.1, -0.05) is 6.07 Å². The number of nitrogens with zero attached hydrogens (tertiary/aromatic N) is 1. The Hall–Kier alpha value is -1.91. The summed E-state index contributed by atoms with van der Waals surface area (Å²) in [5, 5.41) is 8.92. The summed E-state index contributed by atoms with van der Waals surface area (Å²) in [6, 6.07) is 5.97. The number of fused-ring (bicyclic) bond motifs is 2. The molecule has 0 saturated carbocycles. The highest BCUT2D eigenvalue weighted by Gasteiger charge is 2.43. The Balaban J connectivity index is 1.76. The molecule has 2 fully saturated rings. The Morgan fingerprint density at radius 3 is 2.48 bits per heavy atom. The first-order valence-electron chi connectivity index (χ1n) is 7.34. The van der Waals surface area contributed by atoms with Crippen LogP contribution in [0.25, 0.3) is 0 Å². The van der Waals surface area contributed by atoms with Gasteiger partial charge in [0.05, 0.1) is 0 Å². The van der Waals surface area contributed by atoms with E-state index >= 15 is 0 Å². The number of halogens is 1. The van der Waals surface area contributed by atoms with Crippen LogP contribution in [0, 0.1) is 11.7 Å². The van der Waals surface area contributed by atoms with Crippen LogP contribution in [0.5, 0.6) is 0 Å². The van der Waals surface area contributed by atoms with Gasteiger partial charge in [-0.2, -0.15) is 0 Å². The van der Waals surface area contributed by atoms with Crippen molar-refractivity contribution in [3.05, 3.63) is 35.6 Å². The average Bonchev–Trinajstić information content (AvgIpc) is 2.69. The molecule has 4 nitrogen and oxygen atoms in total. The number of aliphatic carboxylic acids is 1. The van der Waals surface area contributed by atoms with Crippen LogP contribution in [0.1, 0.15) is 42.5 Å². The van der Waals surface area contributed by atoms with E-state index in [2.05, 4.69) is 0 Å². The molecule has 0 aliphatic carbocycles. The van der Waals surface area contributed by atoms with Gasteiger partial charge in [0, 0.05) is 24.1 Å². The zero-order valence-corrected chi connectivity index (χ0v) is 11.7. The van der Waals surface area contributed by atoms with Crippen molar-refractivity contribution in [1.82, 2.24) is 4.90 Å². The third-order valence-electron chi connectivity index (χ3n) is 4.60. The first-order chi connectivity index (χ1) is 10.0. The molecule has 2 saturated heterocycles. The summed E-state index contributed by atoms with van der Waals surface area (Å²) in [5.74, 6) is -1.16. The molecule has 2 heterocycles. The molecular weight excluding hydrogens is 273 g/mol. The van der Waals surface area contributed by atoms with E-state index in [0.717, 1.165) is 25.7 Å². The lowest BCUT2D eigenvalue weighted by Gasteiger charge is -2.38. The summed E-state index contributed by atoms with van der Waals surface area (Å²) >= 11 is 0. The van der Waals surface area contributed by atoms with Crippen molar-refractivity contribution in [2.45, 2.75) is 44.2 Å². The van der Waals surface area contributed by atoms with Crippen molar-refractivity contribution in [3.63, 3.8) is 0 Å². The number of amides is 1. The lowest BCUT2D eigenvalue weighted by Crippen LogP contribution is -2.46. The van der Waals surface area contributed by atoms with Crippen molar-refractivity contribution in [2.24, 2.45) is 5.92 Å². The first kappa shape index (κ1) is 14.0. The molecule has 2 bridgehead atoms. The van der Waals surface area contributed by atoms with Gasteiger partial charge in [0.1, 0.15) is 5.82 Å². The molecule has 2 atom stereocenters. The van der Waals surface area contributed by atoms with Crippen LogP contribution in [0.15, 0.2) is 24.3 Å². The number of hydrogen-bond acceptors (Lipinski definition) is 2. The van der Waals surface area contributed by atoms with Gasteiger partial charge >= 0.3 is 5.97 Å². The maximum absolute atomic E-state index is 13.3. The third-order valence-corrected chi connectivity index (χ3v) is 4.60. The minimum atomic E-state index is -0.774. The number of carbonyl (C=O) groups is 2. The number of carboxylic acids is 1. The van der Waals surface area contributed by atoms with Gasteiger partial charge in [0.2, 0.25) is 0 Å². The van der Waals surface area contributed by atoms with Crippen LogP contribution in [-0.4, -0.2) is 34.0 Å². The highest BCUT2D eigenvalue weighted by Crippen LogP contribution is 2.40. The summed E-state index contributed by atoms with van der Waals surface area (Å²) in [6.45, 7) is 0. The fourth-order valence-electron chi connectivity index (χ4n) is 3.81. The molecule has 2 aliphatic rings. The summed E-state index contributed by atoms with van der Waals surface area (Å²) in [4.78, 5) is 25.3. The lowest BCUT2D eigenvalue weighted by atomic mass is 9.88. The Morgan fingerprint density at radius 1 is 1.24 bits per heavy atom. The van der Waals surface area contributed by atoms with E-state index in [-0.39, 0.29) is 30.3 Å². The molecule has 1 amide bonds. The minimum absolute atomic E-state index is 0.101. The summed E-state index contributed by atoms with van der Waals surface area (Å²) in [5.41, 5.74) is 0.378. The molecule has 0 radical (unpaired) electrons. The molecule has 0 spiro atoms. The van der Waals surface area contributed by atoms with Gasteiger partial charge in [0.25, 0.3) is 5.91 Å². The van der Waals surface area contributed by atoms with E-state index in [9.17, 15) is 14.0 Å². The van der Waals surface area contributed by atoms with E-state index in [1.807, 2.05) is 4.90 Å². The fraction of sp³-hybridized carbons (Fsp3) is 0.500. The predicted molar refractivity (Wildman–Crippen MR) is 74.4 cm³/mol. The number of carbonyl (C=O) groups excluding carboxylic acids is 1. The van der Waals surface area contributed by atoms with Crippen molar-refractivity contribution >= 4 is 11.9 Å². The lowest BCUT2D eigenvalue weighted by molar-refractivity contribution is -0.138. The molecular formula is C16H18FNO3. The van der Waals surface area contributed by atoms with Crippen LogP contribution in [0.3, 0.4) is 0 Å². The predicted octanol–water partition coefficient (Wildman–Crippen LogP) is 2.68. The molecule has 1 N–H and O–H groups in total. The molecule has 2 aliphatic heterocycles. The Labute approximate surface area is 122 Å². The number of piperidine rings is 1. The van der Waals surface area contributed by atoms with Crippen molar-refractivity contribution in [3.8, 4) is 0 Å². The van der Waals surface area contributed by atoms with Gasteiger partial charge < -0.3 is 10.0 Å². The Bertz CT molecular complexity index is 560. The van der Waals surface area contributed by atoms with E-state index in [1.54, 1.807) is 12.1 Å². The largest absolute Gasteiger partial charge is 0.481 e. The van der Waals surface area contributed by atoms with Crippen LogP contribution >= 0.6 is 0 Å². The van der Waals surface area contributed by atoms with E-state index in [4.69, 9.17) is 5.11 Å². The summed E-state index contributed by atoms with van der Waals surface area (Å²) in [6.07, 6.45) is 3.49. The summed E-state index contributed by atoms with van der Waals surface area (Å²) in [7, 11) is 0. The van der Waals surface area contributed by atoms with Gasteiger partial charge in [-0.25, -0.2) is 4.39 Å². The van der Waals surface area contributed by atoms with Gasteiger partial charge in [-0.05, 0) is 49.8 Å². The molecule has 21 heavy (non-hydrogen) atoms. The highest BCUT2D eigenvalue weighted by atomic mass is 19.1. The second-order valence-electron chi connectivity index (χ2n) is 6.04. The monoisotopic (exact) mass is 291 g/mol. The Kier molecular flexibility index (Phi) is 3.66. The van der Waals surface area contributed by atoms with Gasteiger partial charge in [0.15, 0.2) is 0 Å². The molecule has 0 aromatic heterocycles. The number of hydrogen-bond donors (Lipinski definition) is 1. The molecule has 2 unspecified atom stereocenters. The summed E-state index contributed by atoms with van der Waals surface area (Å²) < 4.78 is 13.3. The minimum Gasteiger partial charge on any atom is -0.481 e. The maximum Gasteiger partial charge on any atom is 0.303 e. The van der Waals surface area contributed by atoms with E-state index in [0.29, 0.717) is 5.56 Å². The van der Waals surface area contributed by atoms with Crippen molar-refractivity contribution in [2.75, 3.05) is 0 Å². The Morgan fingerprint density at radius 2 is 1.90 bits per heavy atom. The standard InChI is InChI=1S/C16H18FNO3/c17-12-3-1-2-11(9-12)16(21)18-13-4-5-14(18)7-10(6-13)8-15(19)20/h1-3,9-10,13-14H,4-8H2,(H,19,20). The van der Waals surface area contributed by atoms with Crippen LogP contribution < -0.4 is 0 Å². The second kappa shape index (κ2) is 5.47. The van der Waals surface area contributed by atoms with Crippen molar-refractivity contribution < 1.29 is 19.1 Å². The third kappa shape index (κ3) is 2.77. The van der Waals surface area contributed by atoms with Gasteiger partial charge in [-0.15, -0.1) is 0 Å². The van der Waals surface area contributed by atoms with Crippen LogP contribution in [0.2, 0.25) is 0 Å². The normalized spacial score (nSPS) is 27.7. The van der Waals surface area contributed by atoms with E-state index in [1.165, 1.54) is 12.1 Å². The molecule has 3 rings (SSSR count). The van der Waals surface area contributed by atoms with Crippen LogP contribution in [-0.2, 0) is 4.79 Å². The molecule has 1 aromatic carbocycles. The first-order valence-corrected chi connectivity index (χ1v) is 7.34. The zero-order valence-electron chi connectivity index (χ0n) is 11.7. The molecule has 1 aromatic rings. The molecule has 112 valence electrons. The average molecular weight is 291 g/mol. The van der Waals surface area contributed by atoms with Crippen LogP contribution in [0.4, 0.5) is 4.39 Å². The zero-order chi connectivity index (χ0) is 15.0. The smallest absolute Gasteiger partial charge is 0.303 e. The highest BCUT2D eigenvalue weighted by molar-refractivity contribution is 5.95. The second-order valence-corrected chi connectivity index (χ2v) is 6.04. The van der Waals surface area contributed by atoms with E-state index < -0.39 is 11.8 Å². The van der Waals surface area contributed by atoms with Gasteiger partial charge in [-0.3, -0.25) is 9.59 Å². The SMILES string of the molecule is O=C(O)CC1CC2CCC(C1)N2C(=O)c1cccc(F)c1. The van der Waals surface area contributed by atoms with Crippen molar-refractivity contribution in [1.29, 1.82) is 0 Å². The fourth-order valence-corrected chi connectivity index (χ4v) is 3.81. The number of carboxylic acid groups (broad SMARTS) is 1. The number of benzene rings is 1.